The highest BCUT2D eigenvalue weighted by Gasteiger charge is 2.31. The van der Waals surface area contributed by atoms with Crippen LogP contribution in [-0.4, -0.2) is 85.3 Å². The molecule has 0 aliphatic carbocycles. The number of nitrogens with two attached hydrogens (primary N) is 4. The first-order chi connectivity index (χ1) is 21.9. The summed E-state index contributed by atoms with van der Waals surface area (Å²) in [6.45, 7) is 1.39. The van der Waals surface area contributed by atoms with E-state index in [1.807, 2.05) is 42.5 Å². The van der Waals surface area contributed by atoms with Gasteiger partial charge in [0.05, 0.1) is 6.54 Å². The van der Waals surface area contributed by atoms with E-state index in [0.29, 0.717) is 12.8 Å². The minimum absolute atomic E-state index is 0.0998. The SMILES string of the molecule is C[C@H]1NC(=O)CNC(=O)[C@H](Cc2ccc3ccccc3c2)NC(=O)[C@H](CCCN=C(N)N)NC(=O)[C@H](CCCN=C(N)N)NC1=O. The summed E-state index contributed by atoms with van der Waals surface area (Å²) in [5.74, 6) is -3.42. The Hall–Kier alpha value is -5.41. The Morgan fingerprint density at radius 1 is 0.696 bits per heavy atom. The van der Waals surface area contributed by atoms with Crippen LogP contribution < -0.4 is 49.5 Å². The van der Waals surface area contributed by atoms with Gasteiger partial charge < -0.3 is 49.5 Å². The number of amides is 5. The Bertz CT molecular complexity index is 1470. The molecule has 0 bridgehead atoms. The van der Waals surface area contributed by atoms with Gasteiger partial charge in [0, 0.05) is 19.5 Å². The quantitative estimate of drug-likeness (QED) is 0.0760. The number of carbonyl (C=O) groups is 5. The van der Waals surface area contributed by atoms with E-state index >= 15 is 0 Å². The van der Waals surface area contributed by atoms with E-state index in [-0.39, 0.29) is 44.3 Å². The molecule has 3 rings (SSSR count). The third-order valence-corrected chi connectivity index (χ3v) is 7.24. The fourth-order valence-corrected chi connectivity index (χ4v) is 4.85. The van der Waals surface area contributed by atoms with Crippen LogP contribution in [0.4, 0.5) is 0 Å². The summed E-state index contributed by atoms with van der Waals surface area (Å²) in [4.78, 5) is 74.0. The van der Waals surface area contributed by atoms with E-state index in [1.54, 1.807) is 0 Å². The predicted molar refractivity (Wildman–Crippen MR) is 174 cm³/mol. The van der Waals surface area contributed by atoms with Crippen molar-refractivity contribution in [2.45, 2.75) is 63.2 Å². The highest BCUT2D eigenvalue weighted by Crippen LogP contribution is 2.17. The molecular weight excluding hydrogens is 594 g/mol. The van der Waals surface area contributed by atoms with Gasteiger partial charge in [-0.15, -0.1) is 0 Å². The number of rotatable bonds is 10. The van der Waals surface area contributed by atoms with Crippen molar-refractivity contribution in [1.29, 1.82) is 0 Å². The summed E-state index contributed by atoms with van der Waals surface area (Å²) in [5, 5.41) is 15.1. The summed E-state index contributed by atoms with van der Waals surface area (Å²) in [6.07, 6.45) is 0.980. The average Bonchev–Trinajstić information content (AvgIpc) is 3.01. The zero-order valence-corrected chi connectivity index (χ0v) is 25.8. The van der Waals surface area contributed by atoms with Gasteiger partial charge in [-0.1, -0.05) is 42.5 Å². The summed E-state index contributed by atoms with van der Waals surface area (Å²) < 4.78 is 0. The van der Waals surface area contributed by atoms with Crippen molar-refractivity contribution in [1.82, 2.24) is 26.6 Å². The number of carbonyl (C=O) groups excluding carboxylic acids is 5. The van der Waals surface area contributed by atoms with Gasteiger partial charge in [-0.2, -0.15) is 0 Å². The number of hydrogen-bond acceptors (Lipinski definition) is 7. The molecule has 0 radical (unpaired) electrons. The van der Waals surface area contributed by atoms with Crippen LogP contribution in [0.3, 0.4) is 0 Å². The topological polar surface area (TPSA) is 274 Å². The maximum absolute atomic E-state index is 13.7. The number of benzene rings is 2. The van der Waals surface area contributed by atoms with E-state index in [9.17, 15) is 24.0 Å². The number of hydrogen-bond donors (Lipinski definition) is 9. The first-order valence-corrected chi connectivity index (χ1v) is 15.0. The van der Waals surface area contributed by atoms with Gasteiger partial charge in [0.2, 0.25) is 29.5 Å². The van der Waals surface area contributed by atoms with Crippen LogP contribution in [-0.2, 0) is 30.4 Å². The number of fused-ring (bicyclic) bond motifs is 1. The summed E-state index contributed by atoms with van der Waals surface area (Å²) in [5.41, 5.74) is 22.4. The van der Waals surface area contributed by atoms with Crippen molar-refractivity contribution < 1.29 is 24.0 Å². The molecule has 13 N–H and O–H groups in total. The van der Waals surface area contributed by atoms with E-state index < -0.39 is 60.2 Å². The van der Waals surface area contributed by atoms with E-state index in [1.165, 1.54) is 6.92 Å². The molecule has 16 nitrogen and oxygen atoms in total. The molecule has 0 saturated carbocycles. The molecule has 1 fully saturated rings. The lowest BCUT2D eigenvalue weighted by atomic mass is 10.0. The van der Waals surface area contributed by atoms with Crippen molar-refractivity contribution >= 4 is 52.2 Å². The molecule has 1 heterocycles. The van der Waals surface area contributed by atoms with Gasteiger partial charge in [0.25, 0.3) is 0 Å². The average molecular weight is 638 g/mol. The minimum Gasteiger partial charge on any atom is -0.370 e. The fraction of sp³-hybridized carbons (Fsp3) is 0.433. The predicted octanol–water partition coefficient (Wildman–Crippen LogP) is -2.42. The molecule has 16 heteroatoms. The standard InChI is InChI=1S/C30H43N11O5/c1-17-25(43)39-21(8-4-12-35-29(31)32)27(45)40-22(9-5-13-36-30(33)34)28(46)41-23(26(44)37-16-24(42)38-17)15-18-10-11-19-6-2-3-7-20(19)14-18/h2-3,6-7,10-11,14,17,21-23H,4-5,8-9,12-13,15-16H2,1H3,(H,37,44)(H,38,42)(H,39,43)(H,40,45)(H,41,46)(H4,31,32,35)(H4,33,34,36)/t17-,21+,22+,23+/m1/s1. The molecule has 0 spiro atoms. The Kier molecular flexibility index (Phi) is 13.1. The first kappa shape index (κ1) is 35.1. The second kappa shape index (κ2) is 17.2. The lowest BCUT2D eigenvalue weighted by Gasteiger charge is -2.25. The highest BCUT2D eigenvalue weighted by atomic mass is 16.2. The molecule has 46 heavy (non-hydrogen) atoms. The lowest BCUT2D eigenvalue weighted by Crippen LogP contribution is -2.57. The molecule has 1 saturated heterocycles. The Labute approximate surface area is 266 Å². The van der Waals surface area contributed by atoms with Crippen LogP contribution in [0.5, 0.6) is 0 Å². The van der Waals surface area contributed by atoms with Crippen LogP contribution >= 0.6 is 0 Å². The highest BCUT2D eigenvalue weighted by molar-refractivity contribution is 5.97. The third-order valence-electron chi connectivity index (χ3n) is 7.24. The van der Waals surface area contributed by atoms with Gasteiger partial charge in [-0.3, -0.25) is 34.0 Å². The van der Waals surface area contributed by atoms with E-state index in [2.05, 4.69) is 36.6 Å². The van der Waals surface area contributed by atoms with Crippen LogP contribution in [0.25, 0.3) is 10.8 Å². The van der Waals surface area contributed by atoms with Gasteiger partial charge in [0.1, 0.15) is 24.2 Å². The van der Waals surface area contributed by atoms with E-state index in [0.717, 1.165) is 16.3 Å². The molecule has 5 amide bonds. The molecule has 1 aliphatic heterocycles. The summed E-state index contributed by atoms with van der Waals surface area (Å²) in [7, 11) is 0. The fourth-order valence-electron chi connectivity index (χ4n) is 4.85. The molecular formula is C30H43N11O5. The molecule has 4 atom stereocenters. The number of guanidine groups is 2. The maximum Gasteiger partial charge on any atom is 0.243 e. The minimum atomic E-state index is -1.12. The van der Waals surface area contributed by atoms with Crippen molar-refractivity contribution in [3.63, 3.8) is 0 Å². The molecule has 0 aromatic heterocycles. The molecule has 2 aromatic carbocycles. The second-order valence-electron chi connectivity index (χ2n) is 11.0. The van der Waals surface area contributed by atoms with Crippen molar-refractivity contribution in [2.24, 2.45) is 32.9 Å². The monoisotopic (exact) mass is 637 g/mol. The molecule has 0 unspecified atom stereocenters. The zero-order chi connectivity index (χ0) is 33.6. The number of nitrogens with one attached hydrogen (secondary N) is 5. The Morgan fingerprint density at radius 3 is 1.83 bits per heavy atom. The second-order valence-corrected chi connectivity index (χ2v) is 11.0. The van der Waals surface area contributed by atoms with Crippen molar-refractivity contribution in [3.05, 3.63) is 48.0 Å². The number of nitrogens with zero attached hydrogens (tertiary/aromatic N) is 2. The van der Waals surface area contributed by atoms with Gasteiger partial charge in [0.15, 0.2) is 11.9 Å². The van der Waals surface area contributed by atoms with Crippen LogP contribution in [0.1, 0.15) is 38.2 Å². The van der Waals surface area contributed by atoms with Gasteiger partial charge >= 0.3 is 0 Å². The van der Waals surface area contributed by atoms with Crippen LogP contribution in [0.15, 0.2) is 52.4 Å². The first-order valence-electron chi connectivity index (χ1n) is 15.0. The molecule has 248 valence electrons. The Balaban J connectivity index is 1.92. The number of aliphatic imine (C=N–C) groups is 2. The third kappa shape index (κ3) is 11.3. The van der Waals surface area contributed by atoms with Crippen molar-refractivity contribution in [2.75, 3.05) is 19.6 Å². The summed E-state index contributed by atoms with van der Waals surface area (Å²) in [6, 6.07) is 9.04. The smallest absolute Gasteiger partial charge is 0.243 e. The van der Waals surface area contributed by atoms with Crippen LogP contribution in [0, 0.1) is 0 Å². The maximum atomic E-state index is 13.7. The Morgan fingerprint density at radius 2 is 1.24 bits per heavy atom. The zero-order valence-electron chi connectivity index (χ0n) is 25.8. The van der Waals surface area contributed by atoms with Crippen LogP contribution in [0.2, 0.25) is 0 Å². The van der Waals surface area contributed by atoms with Gasteiger partial charge in [-0.05, 0) is 48.9 Å². The molecule has 2 aromatic rings. The lowest BCUT2D eigenvalue weighted by molar-refractivity contribution is -0.134. The largest absolute Gasteiger partial charge is 0.370 e. The van der Waals surface area contributed by atoms with Gasteiger partial charge in [-0.25, -0.2) is 0 Å². The molecule has 1 aliphatic rings. The summed E-state index contributed by atoms with van der Waals surface area (Å²) >= 11 is 0. The van der Waals surface area contributed by atoms with E-state index in [4.69, 9.17) is 22.9 Å². The van der Waals surface area contributed by atoms with Crippen molar-refractivity contribution in [3.8, 4) is 0 Å². The normalized spacial score (nSPS) is 21.4.